The van der Waals surface area contributed by atoms with E-state index in [-0.39, 0.29) is 18.0 Å². The SMILES string of the molecule is N[C@H](CC1CCCC(CP(=O)(O)O)C1)C(=O)O. The summed E-state index contributed by atoms with van der Waals surface area (Å²) in [5.74, 6) is -0.843. The first-order valence-electron chi connectivity index (χ1n) is 5.81. The second kappa shape index (κ2) is 5.96. The molecule has 100 valence electrons. The van der Waals surface area contributed by atoms with Crippen LogP contribution in [0.25, 0.3) is 0 Å². The highest BCUT2D eigenvalue weighted by atomic mass is 31.2. The van der Waals surface area contributed by atoms with Crippen LogP contribution < -0.4 is 5.73 Å². The fraction of sp³-hybridized carbons (Fsp3) is 0.900. The standard InChI is InChI=1S/C10H20NO5P/c11-9(10(12)13)5-7-2-1-3-8(4-7)6-17(14,15)16/h7-9H,1-6,11H2,(H,12,13)(H2,14,15,16)/t7?,8?,9-/m1/s1. The third kappa shape index (κ3) is 5.64. The van der Waals surface area contributed by atoms with E-state index in [0.29, 0.717) is 12.8 Å². The normalized spacial score (nSPS) is 27.7. The fourth-order valence-corrected chi connectivity index (χ4v) is 3.58. The Bertz CT molecular complexity index is 316. The number of rotatable bonds is 5. The summed E-state index contributed by atoms with van der Waals surface area (Å²) in [6.07, 6.45) is 3.58. The maximum Gasteiger partial charge on any atom is 0.325 e. The van der Waals surface area contributed by atoms with Crippen molar-refractivity contribution in [3.8, 4) is 0 Å². The van der Waals surface area contributed by atoms with Gasteiger partial charge >= 0.3 is 13.6 Å². The largest absolute Gasteiger partial charge is 0.480 e. The van der Waals surface area contributed by atoms with E-state index in [0.717, 1.165) is 19.3 Å². The minimum absolute atomic E-state index is 0.00409. The second-order valence-electron chi connectivity index (χ2n) is 4.93. The summed E-state index contributed by atoms with van der Waals surface area (Å²) in [6, 6.07) is -0.867. The highest BCUT2D eigenvalue weighted by molar-refractivity contribution is 7.51. The molecule has 0 aromatic heterocycles. The molecular weight excluding hydrogens is 245 g/mol. The molecule has 0 aromatic rings. The van der Waals surface area contributed by atoms with Gasteiger partial charge in [-0.1, -0.05) is 12.8 Å². The zero-order valence-corrected chi connectivity index (χ0v) is 10.6. The van der Waals surface area contributed by atoms with E-state index in [1.54, 1.807) is 0 Å². The van der Waals surface area contributed by atoms with Gasteiger partial charge in [-0.15, -0.1) is 0 Å². The van der Waals surface area contributed by atoms with E-state index in [1.165, 1.54) is 0 Å². The molecule has 0 aliphatic heterocycles. The highest BCUT2D eigenvalue weighted by Crippen LogP contribution is 2.43. The van der Waals surface area contributed by atoms with E-state index in [1.807, 2.05) is 0 Å². The predicted octanol–water partition coefficient (Wildman–Crippen LogP) is 0.772. The molecule has 0 aromatic carbocycles. The molecule has 1 fully saturated rings. The zero-order chi connectivity index (χ0) is 13.1. The van der Waals surface area contributed by atoms with Crippen LogP contribution in [0.1, 0.15) is 32.1 Å². The van der Waals surface area contributed by atoms with Crippen molar-refractivity contribution in [1.29, 1.82) is 0 Å². The average molecular weight is 265 g/mol. The van der Waals surface area contributed by atoms with Crippen molar-refractivity contribution in [1.82, 2.24) is 0 Å². The molecule has 0 amide bonds. The van der Waals surface area contributed by atoms with Crippen molar-refractivity contribution in [2.24, 2.45) is 17.6 Å². The van der Waals surface area contributed by atoms with Gasteiger partial charge in [0.05, 0.1) is 6.16 Å². The molecule has 0 spiro atoms. The Morgan fingerprint density at radius 1 is 1.35 bits per heavy atom. The number of hydrogen-bond acceptors (Lipinski definition) is 3. The van der Waals surface area contributed by atoms with Crippen molar-refractivity contribution in [2.45, 2.75) is 38.1 Å². The van der Waals surface area contributed by atoms with Crippen LogP contribution in [0, 0.1) is 11.8 Å². The second-order valence-corrected chi connectivity index (χ2v) is 6.62. The van der Waals surface area contributed by atoms with Crippen molar-refractivity contribution in [2.75, 3.05) is 6.16 Å². The van der Waals surface area contributed by atoms with Crippen molar-refractivity contribution >= 4 is 13.6 Å². The molecule has 17 heavy (non-hydrogen) atoms. The summed E-state index contributed by atoms with van der Waals surface area (Å²) < 4.78 is 10.9. The van der Waals surface area contributed by atoms with Gasteiger partial charge in [0.1, 0.15) is 6.04 Å². The topological polar surface area (TPSA) is 121 Å². The first kappa shape index (κ1) is 14.6. The Hall–Kier alpha value is -0.420. The molecule has 1 saturated carbocycles. The van der Waals surface area contributed by atoms with Gasteiger partial charge in [-0.25, -0.2) is 0 Å². The van der Waals surface area contributed by atoms with Crippen LogP contribution in [0.4, 0.5) is 0 Å². The number of carboxylic acid groups (broad SMARTS) is 1. The molecule has 5 N–H and O–H groups in total. The monoisotopic (exact) mass is 265 g/mol. The van der Waals surface area contributed by atoms with Gasteiger partial charge in [-0.05, 0) is 31.1 Å². The lowest BCUT2D eigenvalue weighted by molar-refractivity contribution is -0.139. The van der Waals surface area contributed by atoms with E-state index in [9.17, 15) is 9.36 Å². The first-order chi connectivity index (χ1) is 7.78. The molecular formula is C10H20NO5P. The molecule has 1 aliphatic carbocycles. The number of carboxylic acids is 1. The van der Waals surface area contributed by atoms with Crippen LogP contribution in [-0.2, 0) is 9.36 Å². The van der Waals surface area contributed by atoms with Gasteiger partial charge < -0.3 is 20.6 Å². The van der Waals surface area contributed by atoms with Crippen LogP contribution in [0.15, 0.2) is 0 Å². The third-order valence-corrected chi connectivity index (χ3v) is 4.28. The smallest absolute Gasteiger partial charge is 0.325 e. The molecule has 2 unspecified atom stereocenters. The molecule has 0 bridgehead atoms. The molecule has 0 saturated heterocycles. The highest BCUT2D eigenvalue weighted by Gasteiger charge is 2.29. The van der Waals surface area contributed by atoms with Crippen molar-refractivity contribution in [3.05, 3.63) is 0 Å². The third-order valence-electron chi connectivity index (χ3n) is 3.29. The Kier molecular flexibility index (Phi) is 5.13. The van der Waals surface area contributed by atoms with Crippen LogP contribution in [0.2, 0.25) is 0 Å². The molecule has 0 heterocycles. The molecule has 1 rings (SSSR count). The maximum atomic E-state index is 10.9. The number of nitrogens with two attached hydrogens (primary N) is 1. The van der Waals surface area contributed by atoms with Crippen molar-refractivity contribution < 1.29 is 24.3 Å². The Morgan fingerprint density at radius 2 is 1.94 bits per heavy atom. The van der Waals surface area contributed by atoms with Crippen LogP contribution in [-0.4, -0.2) is 33.1 Å². The maximum absolute atomic E-state index is 10.9. The van der Waals surface area contributed by atoms with Gasteiger partial charge in [0.2, 0.25) is 0 Å². The quantitative estimate of drug-likeness (QED) is 0.545. The fourth-order valence-electron chi connectivity index (χ4n) is 2.58. The number of hydrogen-bond donors (Lipinski definition) is 4. The van der Waals surface area contributed by atoms with Crippen LogP contribution >= 0.6 is 7.60 Å². The van der Waals surface area contributed by atoms with Gasteiger partial charge in [0.25, 0.3) is 0 Å². The van der Waals surface area contributed by atoms with Gasteiger partial charge in [0, 0.05) is 0 Å². The summed E-state index contributed by atoms with van der Waals surface area (Å²) in [5, 5.41) is 8.72. The zero-order valence-electron chi connectivity index (χ0n) is 9.66. The summed E-state index contributed by atoms with van der Waals surface area (Å²) in [5.41, 5.74) is 5.47. The van der Waals surface area contributed by atoms with E-state index in [4.69, 9.17) is 20.6 Å². The van der Waals surface area contributed by atoms with Gasteiger partial charge in [0.15, 0.2) is 0 Å². The predicted molar refractivity (Wildman–Crippen MR) is 62.6 cm³/mol. The summed E-state index contributed by atoms with van der Waals surface area (Å²) in [4.78, 5) is 28.5. The minimum atomic E-state index is -3.96. The summed E-state index contributed by atoms with van der Waals surface area (Å²) in [6.45, 7) is 0. The molecule has 3 atom stereocenters. The summed E-state index contributed by atoms with van der Waals surface area (Å²) in [7, 11) is -3.96. The van der Waals surface area contributed by atoms with Crippen LogP contribution in [0.5, 0.6) is 0 Å². The lowest BCUT2D eigenvalue weighted by Crippen LogP contribution is -2.34. The molecule has 6 nitrogen and oxygen atoms in total. The molecule has 1 aliphatic rings. The van der Waals surface area contributed by atoms with E-state index in [2.05, 4.69) is 0 Å². The Morgan fingerprint density at radius 3 is 2.47 bits per heavy atom. The minimum Gasteiger partial charge on any atom is -0.480 e. The Balaban J connectivity index is 2.44. The summed E-state index contributed by atoms with van der Waals surface area (Å²) >= 11 is 0. The number of aliphatic carboxylic acids is 1. The van der Waals surface area contributed by atoms with Crippen LogP contribution in [0.3, 0.4) is 0 Å². The molecule has 0 radical (unpaired) electrons. The van der Waals surface area contributed by atoms with Gasteiger partial charge in [-0.3, -0.25) is 9.36 Å². The molecule has 7 heteroatoms. The first-order valence-corrected chi connectivity index (χ1v) is 7.60. The lowest BCUT2D eigenvalue weighted by atomic mass is 9.79. The Labute approximate surface area is 100 Å². The average Bonchev–Trinajstić information content (AvgIpc) is 2.15. The van der Waals surface area contributed by atoms with E-state index < -0.39 is 19.6 Å². The van der Waals surface area contributed by atoms with E-state index >= 15 is 0 Å². The van der Waals surface area contributed by atoms with Crippen molar-refractivity contribution in [3.63, 3.8) is 0 Å². The lowest BCUT2D eigenvalue weighted by Gasteiger charge is -2.30. The number of carbonyl (C=O) groups is 1. The van der Waals surface area contributed by atoms with Gasteiger partial charge in [-0.2, -0.15) is 0 Å².